The van der Waals surface area contributed by atoms with Gasteiger partial charge in [0, 0.05) is 17.2 Å². The molecule has 0 N–H and O–H groups in total. The number of hydrogen-bond donors (Lipinski definition) is 0. The third-order valence-corrected chi connectivity index (χ3v) is 3.22. The SMILES string of the molecule is CCOC(=O)/C=C/C(C)N=C(c1ccccc1)c1ccccc1. The summed E-state index contributed by atoms with van der Waals surface area (Å²) in [5, 5.41) is 0. The lowest BCUT2D eigenvalue weighted by atomic mass is 10.0. The van der Waals surface area contributed by atoms with Crippen LogP contribution in [-0.4, -0.2) is 24.3 Å². The monoisotopic (exact) mass is 307 g/mol. The molecule has 0 aromatic heterocycles. The number of nitrogens with zero attached hydrogens (tertiary/aromatic N) is 1. The number of hydrogen-bond acceptors (Lipinski definition) is 3. The van der Waals surface area contributed by atoms with E-state index in [1.807, 2.05) is 67.6 Å². The zero-order valence-electron chi connectivity index (χ0n) is 13.5. The third-order valence-electron chi connectivity index (χ3n) is 3.22. The summed E-state index contributed by atoms with van der Waals surface area (Å²) in [6.07, 6.45) is 3.19. The third kappa shape index (κ3) is 5.22. The maximum absolute atomic E-state index is 11.4. The molecule has 2 rings (SSSR count). The van der Waals surface area contributed by atoms with Gasteiger partial charge in [0.15, 0.2) is 0 Å². The van der Waals surface area contributed by atoms with Crippen LogP contribution in [0.2, 0.25) is 0 Å². The molecule has 0 fully saturated rings. The topological polar surface area (TPSA) is 38.7 Å². The lowest BCUT2D eigenvalue weighted by molar-refractivity contribution is -0.137. The Morgan fingerprint density at radius 1 is 1.04 bits per heavy atom. The van der Waals surface area contributed by atoms with Gasteiger partial charge in [-0.3, -0.25) is 4.99 Å². The van der Waals surface area contributed by atoms with E-state index in [0.717, 1.165) is 16.8 Å². The van der Waals surface area contributed by atoms with E-state index in [2.05, 4.69) is 0 Å². The molecule has 0 saturated heterocycles. The molecule has 1 unspecified atom stereocenters. The number of aliphatic imine (C=N–C) groups is 1. The van der Waals surface area contributed by atoms with E-state index in [-0.39, 0.29) is 12.0 Å². The van der Waals surface area contributed by atoms with Crippen molar-refractivity contribution >= 4 is 11.7 Å². The number of ether oxygens (including phenoxy) is 1. The van der Waals surface area contributed by atoms with Gasteiger partial charge in [-0.2, -0.15) is 0 Å². The van der Waals surface area contributed by atoms with Gasteiger partial charge in [0.1, 0.15) is 0 Å². The highest BCUT2D eigenvalue weighted by Crippen LogP contribution is 2.12. The minimum atomic E-state index is -0.337. The van der Waals surface area contributed by atoms with Crippen molar-refractivity contribution in [1.82, 2.24) is 0 Å². The molecule has 0 saturated carbocycles. The van der Waals surface area contributed by atoms with Gasteiger partial charge in [-0.05, 0) is 13.8 Å². The van der Waals surface area contributed by atoms with Crippen LogP contribution in [0.4, 0.5) is 0 Å². The van der Waals surface area contributed by atoms with Crippen LogP contribution in [-0.2, 0) is 9.53 Å². The lowest BCUT2D eigenvalue weighted by Crippen LogP contribution is -2.08. The molecule has 0 radical (unpaired) electrons. The molecule has 0 spiro atoms. The molecule has 0 amide bonds. The first-order valence-electron chi connectivity index (χ1n) is 7.74. The fraction of sp³-hybridized carbons (Fsp3) is 0.200. The molecule has 23 heavy (non-hydrogen) atoms. The normalized spacial score (nSPS) is 11.9. The Labute approximate surface area is 137 Å². The van der Waals surface area contributed by atoms with Crippen molar-refractivity contribution < 1.29 is 9.53 Å². The van der Waals surface area contributed by atoms with Crippen LogP contribution < -0.4 is 0 Å². The van der Waals surface area contributed by atoms with Gasteiger partial charge in [-0.1, -0.05) is 66.7 Å². The quantitative estimate of drug-likeness (QED) is 0.459. The molecule has 0 aliphatic rings. The van der Waals surface area contributed by atoms with Gasteiger partial charge in [0.05, 0.1) is 18.4 Å². The van der Waals surface area contributed by atoms with Crippen molar-refractivity contribution in [3.05, 3.63) is 83.9 Å². The van der Waals surface area contributed by atoms with E-state index in [4.69, 9.17) is 9.73 Å². The Morgan fingerprint density at radius 3 is 2.04 bits per heavy atom. The first-order chi connectivity index (χ1) is 11.2. The molecule has 2 aromatic carbocycles. The van der Waals surface area contributed by atoms with Crippen molar-refractivity contribution in [3.63, 3.8) is 0 Å². The predicted octanol–water partition coefficient (Wildman–Crippen LogP) is 4.03. The van der Waals surface area contributed by atoms with Gasteiger partial charge >= 0.3 is 5.97 Å². The molecule has 0 bridgehead atoms. The zero-order chi connectivity index (χ0) is 16.5. The Hall–Kier alpha value is -2.68. The molecule has 0 aliphatic heterocycles. The van der Waals surface area contributed by atoms with Gasteiger partial charge in [-0.15, -0.1) is 0 Å². The molecule has 0 aliphatic carbocycles. The fourth-order valence-electron chi connectivity index (χ4n) is 2.16. The molecule has 3 heteroatoms. The van der Waals surface area contributed by atoms with Gasteiger partial charge in [0.2, 0.25) is 0 Å². The van der Waals surface area contributed by atoms with Crippen molar-refractivity contribution in [2.24, 2.45) is 4.99 Å². The van der Waals surface area contributed by atoms with Crippen LogP contribution in [0.15, 0.2) is 77.8 Å². The minimum Gasteiger partial charge on any atom is -0.463 e. The summed E-state index contributed by atoms with van der Waals surface area (Å²) >= 11 is 0. The first-order valence-corrected chi connectivity index (χ1v) is 7.74. The second-order valence-corrected chi connectivity index (χ2v) is 5.06. The summed E-state index contributed by atoms with van der Waals surface area (Å²) in [6, 6.07) is 19.9. The van der Waals surface area contributed by atoms with Crippen LogP contribution in [0.5, 0.6) is 0 Å². The highest BCUT2D eigenvalue weighted by Gasteiger charge is 2.07. The summed E-state index contributed by atoms with van der Waals surface area (Å²) in [4.78, 5) is 16.2. The van der Waals surface area contributed by atoms with Crippen molar-refractivity contribution in [1.29, 1.82) is 0 Å². The smallest absolute Gasteiger partial charge is 0.330 e. The number of carbonyl (C=O) groups is 1. The second-order valence-electron chi connectivity index (χ2n) is 5.06. The van der Waals surface area contributed by atoms with Crippen molar-refractivity contribution in [2.75, 3.05) is 6.61 Å². The van der Waals surface area contributed by atoms with E-state index >= 15 is 0 Å². The maximum Gasteiger partial charge on any atom is 0.330 e. The number of carbonyl (C=O) groups excluding carboxylic acids is 1. The molecule has 3 nitrogen and oxygen atoms in total. The van der Waals surface area contributed by atoms with Crippen LogP contribution in [0.3, 0.4) is 0 Å². The fourth-order valence-corrected chi connectivity index (χ4v) is 2.16. The summed E-state index contributed by atoms with van der Waals surface area (Å²) in [5.74, 6) is -0.337. The average Bonchev–Trinajstić information content (AvgIpc) is 2.60. The Balaban J connectivity index is 2.29. The zero-order valence-corrected chi connectivity index (χ0v) is 13.5. The Kier molecular flexibility index (Phi) is 6.30. The largest absolute Gasteiger partial charge is 0.463 e. The number of rotatable bonds is 6. The highest BCUT2D eigenvalue weighted by atomic mass is 16.5. The molecular weight excluding hydrogens is 286 g/mol. The van der Waals surface area contributed by atoms with Crippen LogP contribution in [0.1, 0.15) is 25.0 Å². The van der Waals surface area contributed by atoms with Gasteiger partial charge < -0.3 is 4.74 Å². The summed E-state index contributed by atoms with van der Waals surface area (Å²) in [5.41, 5.74) is 3.01. The first kappa shape index (κ1) is 16.7. The molecule has 0 heterocycles. The van der Waals surface area contributed by atoms with Gasteiger partial charge in [-0.25, -0.2) is 4.79 Å². The number of benzene rings is 2. The summed E-state index contributed by atoms with van der Waals surface area (Å²) in [7, 11) is 0. The average molecular weight is 307 g/mol. The Morgan fingerprint density at radius 2 is 1.57 bits per heavy atom. The van der Waals surface area contributed by atoms with Crippen molar-refractivity contribution in [2.45, 2.75) is 19.9 Å². The number of esters is 1. The van der Waals surface area contributed by atoms with Gasteiger partial charge in [0.25, 0.3) is 0 Å². The summed E-state index contributed by atoms with van der Waals surface area (Å²) in [6.45, 7) is 4.11. The highest BCUT2D eigenvalue weighted by molar-refractivity contribution is 6.13. The second kappa shape index (κ2) is 8.69. The standard InChI is InChI=1S/C20H21NO2/c1-3-23-19(22)15-14-16(2)21-20(17-10-6-4-7-11-17)18-12-8-5-9-13-18/h4-16H,3H2,1-2H3/b15-14+. The van der Waals surface area contributed by atoms with Crippen LogP contribution >= 0.6 is 0 Å². The van der Waals surface area contributed by atoms with Crippen LogP contribution in [0, 0.1) is 0 Å². The molecule has 2 aromatic rings. The van der Waals surface area contributed by atoms with E-state index < -0.39 is 0 Å². The maximum atomic E-state index is 11.4. The van der Waals surface area contributed by atoms with E-state index in [9.17, 15) is 4.79 Å². The van der Waals surface area contributed by atoms with E-state index in [1.54, 1.807) is 13.0 Å². The van der Waals surface area contributed by atoms with Crippen LogP contribution in [0.25, 0.3) is 0 Å². The van der Waals surface area contributed by atoms with E-state index in [1.165, 1.54) is 6.08 Å². The molecular formula is C20H21NO2. The lowest BCUT2D eigenvalue weighted by Gasteiger charge is -2.10. The summed E-state index contributed by atoms with van der Waals surface area (Å²) < 4.78 is 4.89. The predicted molar refractivity (Wildman–Crippen MR) is 93.8 cm³/mol. The van der Waals surface area contributed by atoms with Crippen molar-refractivity contribution in [3.8, 4) is 0 Å². The van der Waals surface area contributed by atoms with E-state index in [0.29, 0.717) is 6.61 Å². The Bertz CT molecular complexity index is 634. The molecule has 118 valence electrons. The minimum absolute atomic E-state index is 0.130. The molecule has 1 atom stereocenters.